The van der Waals surface area contributed by atoms with E-state index in [9.17, 15) is 0 Å². The number of hydrogen-bond donors (Lipinski definition) is 1. The molecule has 0 amide bonds. The second-order valence-electron chi connectivity index (χ2n) is 5.00. The highest BCUT2D eigenvalue weighted by Gasteiger charge is 2.26. The Labute approximate surface area is 128 Å². The zero-order chi connectivity index (χ0) is 14.7. The summed E-state index contributed by atoms with van der Waals surface area (Å²) in [6.45, 7) is 5.45. The van der Waals surface area contributed by atoms with Gasteiger partial charge in [0.15, 0.2) is 0 Å². The average molecular weight is 305 g/mol. The number of hydrogen-bond acceptors (Lipinski definition) is 7. The van der Waals surface area contributed by atoms with Gasteiger partial charge in [-0.3, -0.25) is 9.88 Å². The van der Waals surface area contributed by atoms with Gasteiger partial charge >= 0.3 is 0 Å². The summed E-state index contributed by atoms with van der Waals surface area (Å²) in [5, 5.41) is 3.08. The third-order valence-electron chi connectivity index (χ3n) is 3.63. The minimum absolute atomic E-state index is 0.0388. The van der Waals surface area contributed by atoms with Crippen LogP contribution in [0.15, 0.2) is 17.9 Å². The van der Waals surface area contributed by atoms with E-state index in [-0.39, 0.29) is 6.10 Å². The van der Waals surface area contributed by atoms with Crippen molar-refractivity contribution in [3.63, 3.8) is 0 Å². The van der Waals surface area contributed by atoms with E-state index in [0.29, 0.717) is 6.61 Å². The Kier molecular flexibility index (Phi) is 4.42. The normalized spacial score (nSPS) is 19.6. The lowest BCUT2D eigenvalue weighted by Crippen LogP contribution is -2.38. The molecular formula is C14H19N5OS. The lowest BCUT2D eigenvalue weighted by Gasteiger charge is -2.32. The number of anilines is 1. The Bertz CT molecular complexity index is 603. The maximum atomic E-state index is 5.89. The van der Waals surface area contributed by atoms with Crippen molar-refractivity contribution in [3.8, 4) is 0 Å². The van der Waals surface area contributed by atoms with Crippen molar-refractivity contribution in [1.82, 2.24) is 19.9 Å². The van der Waals surface area contributed by atoms with E-state index in [1.807, 2.05) is 12.6 Å². The van der Waals surface area contributed by atoms with Crippen LogP contribution in [0.25, 0.3) is 0 Å². The van der Waals surface area contributed by atoms with E-state index in [4.69, 9.17) is 4.74 Å². The molecular weight excluding hydrogens is 286 g/mol. The van der Waals surface area contributed by atoms with Gasteiger partial charge < -0.3 is 10.1 Å². The molecule has 0 bridgehead atoms. The van der Waals surface area contributed by atoms with Crippen molar-refractivity contribution in [3.05, 3.63) is 34.2 Å². The van der Waals surface area contributed by atoms with Gasteiger partial charge in [-0.15, -0.1) is 11.3 Å². The molecule has 0 unspecified atom stereocenters. The molecule has 1 atom stereocenters. The number of aromatic nitrogens is 3. The Hall–Kier alpha value is -1.57. The first-order valence-corrected chi connectivity index (χ1v) is 7.87. The molecule has 3 rings (SSSR count). The SMILES string of the molecule is CNc1nccnc1[C@@H]1CN(Cc2scnc2C)CCO1. The summed E-state index contributed by atoms with van der Waals surface area (Å²) < 4.78 is 5.89. The van der Waals surface area contributed by atoms with E-state index < -0.39 is 0 Å². The molecule has 21 heavy (non-hydrogen) atoms. The van der Waals surface area contributed by atoms with Gasteiger partial charge in [0.1, 0.15) is 17.6 Å². The molecule has 1 N–H and O–H groups in total. The number of thiazole rings is 1. The van der Waals surface area contributed by atoms with Crippen LogP contribution in [0.4, 0.5) is 5.82 Å². The maximum Gasteiger partial charge on any atom is 0.150 e. The lowest BCUT2D eigenvalue weighted by molar-refractivity contribution is -0.0345. The summed E-state index contributed by atoms with van der Waals surface area (Å²) >= 11 is 1.71. The van der Waals surface area contributed by atoms with Crippen molar-refractivity contribution < 1.29 is 4.74 Å². The van der Waals surface area contributed by atoms with Gasteiger partial charge in [0, 0.05) is 44.0 Å². The molecule has 6 nitrogen and oxygen atoms in total. The third kappa shape index (κ3) is 3.20. The van der Waals surface area contributed by atoms with E-state index in [0.717, 1.165) is 36.8 Å². The molecule has 0 saturated carbocycles. The van der Waals surface area contributed by atoms with E-state index >= 15 is 0 Å². The second-order valence-corrected chi connectivity index (χ2v) is 5.94. The number of morpholine rings is 1. The number of nitrogens with zero attached hydrogens (tertiary/aromatic N) is 4. The topological polar surface area (TPSA) is 63.2 Å². The number of ether oxygens (including phenoxy) is 1. The molecule has 1 aliphatic heterocycles. The van der Waals surface area contributed by atoms with Crippen LogP contribution in [0, 0.1) is 6.92 Å². The quantitative estimate of drug-likeness (QED) is 0.930. The fourth-order valence-electron chi connectivity index (χ4n) is 2.47. The predicted octanol–water partition coefficient (Wildman–Crippen LogP) is 1.86. The minimum Gasteiger partial charge on any atom is -0.372 e. The molecule has 2 aromatic rings. The number of nitrogens with one attached hydrogen (secondary N) is 1. The zero-order valence-electron chi connectivity index (χ0n) is 12.2. The summed E-state index contributed by atoms with van der Waals surface area (Å²) in [5.41, 5.74) is 3.91. The lowest BCUT2D eigenvalue weighted by atomic mass is 10.2. The Morgan fingerprint density at radius 3 is 3.00 bits per heavy atom. The molecule has 0 radical (unpaired) electrons. The minimum atomic E-state index is -0.0388. The van der Waals surface area contributed by atoms with Crippen LogP contribution in [0.5, 0.6) is 0 Å². The van der Waals surface area contributed by atoms with Crippen molar-refractivity contribution in [2.24, 2.45) is 0 Å². The van der Waals surface area contributed by atoms with Crippen LogP contribution in [0.2, 0.25) is 0 Å². The van der Waals surface area contributed by atoms with Crippen LogP contribution >= 0.6 is 11.3 Å². The first kappa shape index (κ1) is 14.4. The van der Waals surface area contributed by atoms with Crippen LogP contribution in [0.3, 0.4) is 0 Å². The van der Waals surface area contributed by atoms with Gasteiger partial charge in [-0.1, -0.05) is 0 Å². The van der Waals surface area contributed by atoms with Crippen molar-refractivity contribution in [1.29, 1.82) is 0 Å². The van der Waals surface area contributed by atoms with E-state index in [1.54, 1.807) is 23.7 Å². The average Bonchev–Trinajstić information content (AvgIpc) is 2.93. The summed E-state index contributed by atoms with van der Waals surface area (Å²) in [4.78, 5) is 16.8. The molecule has 7 heteroatoms. The third-order valence-corrected chi connectivity index (χ3v) is 4.55. The van der Waals surface area contributed by atoms with Gasteiger partial charge in [-0.05, 0) is 6.92 Å². The molecule has 2 aromatic heterocycles. The predicted molar refractivity (Wildman–Crippen MR) is 82.4 cm³/mol. The second kappa shape index (κ2) is 6.46. The summed E-state index contributed by atoms with van der Waals surface area (Å²) in [7, 11) is 1.86. The Morgan fingerprint density at radius 2 is 2.24 bits per heavy atom. The largest absolute Gasteiger partial charge is 0.372 e. The smallest absolute Gasteiger partial charge is 0.150 e. The molecule has 112 valence electrons. The van der Waals surface area contributed by atoms with Crippen molar-refractivity contribution in [2.45, 2.75) is 19.6 Å². The standard InChI is InChI=1S/C14H19N5OS/c1-10-12(21-9-18-10)8-19-5-6-20-11(7-19)13-14(15-2)17-4-3-16-13/h3-4,9,11H,5-8H2,1-2H3,(H,15,17)/t11-/m0/s1. The monoisotopic (exact) mass is 305 g/mol. The highest BCUT2D eigenvalue weighted by atomic mass is 32.1. The molecule has 1 aliphatic rings. The van der Waals surface area contributed by atoms with Gasteiger partial charge in [0.25, 0.3) is 0 Å². The van der Waals surface area contributed by atoms with E-state index in [1.165, 1.54) is 4.88 Å². The molecule has 1 saturated heterocycles. The Morgan fingerprint density at radius 1 is 1.38 bits per heavy atom. The van der Waals surface area contributed by atoms with Crippen LogP contribution < -0.4 is 5.32 Å². The fourth-order valence-corrected chi connectivity index (χ4v) is 3.29. The number of aryl methyl sites for hydroxylation is 1. The Balaban J connectivity index is 1.72. The molecule has 0 aliphatic carbocycles. The molecule has 0 spiro atoms. The summed E-state index contributed by atoms with van der Waals surface area (Å²) in [6, 6.07) is 0. The fraction of sp³-hybridized carbons (Fsp3) is 0.500. The molecule has 0 aromatic carbocycles. The van der Waals surface area contributed by atoms with Crippen molar-refractivity contribution in [2.75, 3.05) is 32.1 Å². The van der Waals surface area contributed by atoms with Gasteiger partial charge in [-0.25, -0.2) is 9.97 Å². The number of rotatable bonds is 4. The highest BCUT2D eigenvalue weighted by Crippen LogP contribution is 2.26. The van der Waals surface area contributed by atoms with Crippen LogP contribution in [-0.4, -0.2) is 46.6 Å². The van der Waals surface area contributed by atoms with Gasteiger partial charge in [-0.2, -0.15) is 0 Å². The highest BCUT2D eigenvalue weighted by molar-refractivity contribution is 7.09. The van der Waals surface area contributed by atoms with Gasteiger partial charge in [0.2, 0.25) is 0 Å². The first-order valence-electron chi connectivity index (χ1n) is 6.99. The van der Waals surface area contributed by atoms with Gasteiger partial charge in [0.05, 0.1) is 17.8 Å². The van der Waals surface area contributed by atoms with Crippen LogP contribution in [0.1, 0.15) is 22.4 Å². The summed E-state index contributed by atoms with van der Waals surface area (Å²) in [6.07, 6.45) is 3.37. The van der Waals surface area contributed by atoms with Crippen LogP contribution in [-0.2, 0) is 11.3 Å². The molecule has 3 heterocycles. The zero-order valence-corrected chi connectivity index (χ0v) is 13.1. The first-order chi connectivity index (χ1) is 10.3. The van der Waals surface area contributed by atoms with Crippen molar-refractivity contribution >= 4 is 17.2 Å². The molecule has 1 fully saturated rings. The van der Waals surface area contributed by atoms with E-state index in [2.05, 4.69) is 32.1 Å². The maximum absolute atomic E-state index is 5.89. The summed E-state index contributed by atoms with van der Waals surface area (Å²) in [5.74, 6) is 0.790.